The fourth-order valence-electron chi connectivity index (χ4n) is 6.23. The van der Waals surface area contributed by atoms with E-state index in [-0.39, 0.29) is 53.8 Å². The van der Waals surface area contributed by atoms with Gasteiger partial charge >= 0.3 is 0 Å². The molecule has 42 heavy (non-hydrogen) atoms. The number of benzene rings is 3. The Morgan fingerprint density at radius 1 is 0.905 bits per heavy atom. The van der Waals surface area contributed by atoms with E-state index in [0.29, 0.717) is 41.7 Å². The summed E-state index contributed by atoms with van der Waals surface area (Å²) in [5.41, 5.74) is 1.79. The van der Waals surface area contributed by atoms with E-state index in [1.165, 1.54) is 32.4 Å². The number of methoxy groups -OCH3 is 2. The second kappa shape index (κ2) is 13.4. The van der Waals surface area contributed by atoms with E-state index in [1.807, 2.05) is 0 Å². The van der Waals surface area contributed by atoms with Gasteiger partial charge in [0.25, 0.3) is 0 Å². The van der Waals surface area contributed by atoms with Gasteiger partial charge in [-0.25, -0.2) is 0 Å². The summed E-state index contributed by atoms with van der Waals surface area (Å²) in [5.74, 6) is -1.33. The monoisotopic (exact) mass is 580 g/mol. The van der Waals surface area contributed by atoms with E-state index in [0.717, 1.165) is 18.4 Å². The van der Waals surface area contributed by atoms with Crippen molar-refractivity contribution in [2.45, 2.75) is 69.5 Å². The smallest absolute Gasteiger partial charge is 0.200 e. The molecule has 9 heteroatoms. The number of carbonyl (C=O) groups excluding carboxylic acids is 1. The Hall–Kier alpha value is -3.95. The molecule has 0 heterocycles. The molecule has 2 unspecified atom stereocenters. The molecule has 9 nitrogen and oxygen atoms in total. The molecule has 2 atom stereocenters. The van der Waals surface area contributed by atoms with E-state index in [1.54, 1.807) is 30.3 Å². The Bertz CT molecular complexity index is 1390. The number of aromatic hydroxyl groups is 4. The number of phenolic OH excluding ortho intramolecular Hbond substituents is 3. The number of rotatable bonds is 13. The summed E-state index contributed by atoms with van der Waals surface area (Å²) in [5, 5.41) is 62.3. The van der Waals surface area contributed by atoms with Gasteiger partial charge in [-0.2, -0.15) is 0 Å². The van der Waals surface area contributed by atoms with E-state index in [9.17, 15) is 35.4 Å². The first kappa shape index (κ1) is 31.0. The van der Waals surface area contributed by atoms with E-state index in [2.05, 4.69) is 0 Å². The van der Waals surface area contributed by atoms with Crippen molar-refractivity contribution in [2.24, 2.45) is 5.92 Å². The zero-order valence-corrected chi connectivity index (χ0v) is 24.0. The molecule has 0 bridgehead atoms. The molecule has 1 fully saturated rings. The van der Waals surface area contributed by atoms with Gasteiger partial charge in [-0.3, -0.25) is 4.79 Å². The standard InChI is InChI=1S/C33H40O9/c1-41-30-14-20(9-11-27(30)37)8-10-26(36)23(15-21-6-5-7-25(35)24(21)19-34)29(39)18-33(12-3-4-13-33)22-16-28(38)32(40)31(17-22)42-2/h5-7,9,11,14,16-17,23,26,34-38,40H,3-4,8,10,12-13,15,18-19H2,1-2H3. The molecule has 6 N–H and O–H groups in total. The van der Waals surface area contributed by atoms with Crippen LogP contribution < -0.4 is 9.47 Å². The topological polar surface area (TPSA) is 157 Å². The molecule has 0 amide bonds. The third-order valence-electron chi connectivity index (χ3n) is 8.66. The van der Waals surface area contributed by atoms with Crippen molar-refractivity contribution in [2.75, 3.05) is 14.2 Å². The van der Waals surface area contributed by atoms with E-state index >= 15 is 0 Å². The van der Waals surface area contributed by atoms with Crippen LogP contribution in [0.4, 0.5) is 0 Å². The Balaban J connectivity index is 1.65. The average Bonchev–Trinajstić information content (AvgIpc) is 3.46. The van der Waals surface area contributed by atoms with Crippen LogP contribution in [0.25, 0.3) is 0 Å². The maximum atomic E-state index is 14.2. The lowest BCUT2D eigenvalue weighted by atomic mass is 9.71. The maximum absolute atomic E-state index is 14.2. The average molecular weight is 581 g/mol. The van der Waals surface area contributed by atoms with Crippen LogP contribution in [0, 0.1) is 5.92 Å². The SMILES string of the molecule is COc1cc(CCC(O)C(Cc2cccc(O)c2CO)C(=O)CC2(c3cc(O)c(O)c(OC)c3)CCCC2)ccc1O. The molecule has 0 spiro atoms. The number of aliphatic hydroxyl groups excluding tert-OH is 2. The highest BCUT2D eigenvalue weighted by molar-refractivity contribution is 5.83. The van der Waals surface area contributed by atoms with Crippen LogP contribution in [0.1, 0.15) is 60.8 Å². The van der Waals surface area contributed by atoms with Crippen LogP contribution in [0.15, 0.2) is 48.5 Å². The lowest BCUT2D eigenvalue weighted by molar-refractivity contribution is -0.127. The minimum Gasteiger partial charge on any atom is -0.508 e. The van der Waals surface area contributed by atoms with Gasteiger partial charge in [-0.05, 0) is 79.1 Å². The molecule has 1 aliphatic rings. The van der Waals surface area contributed by atoms with E-state index < -0.39 is 24.0 Å². The summed E-state index contributed by atoms with van der Waals surface area (Å²) in [6.45, 7) is -0.414. The second-order valence-electron chi connectivity index (χ2n) is 11.2. The molecule has 3 aromatic rings. The largest absolute Gasteiger partial charge is 0.508 e. The zero-order valence-electron chi connectivity index (χ0n) is 24.0. The van der Waals surface area contributed by atoms with Gasteiger partial charge in [0.1, 0.15) is 11.5 Å². The molecule has 0 aromatic heterocycles. The number of phenols is 4. The van der Waals surface area contributed by atoms with Gasteiger partial charge in [-0.15, -0.1) is 0 Å². The molecule has 1 aliphatic carbocycles. The van der Waals surface area contributed by atoms with Crippen molar-refractivity contribution in [1.29, 1.82) is 0 Å². The number of aliphatic hydroxyl groups is 2. The van der Waals surface area contributed by atoms with Crippen LogP contribution in [-0.4, -0.2) is 56.7 Å². The van der Waals surface area contributed by atoms with Crippen molar-refractivity contribution in [3.63, 3.8) is 0 Å². The molecule has 0 saturated heterocycles. The fourth-order valence-corrected chi connectivity index (χ4v) is 6.23. The number of Topliss-reactive ketones (excluding diaryl/α,β-unsaturated/α-hetero) is 1. The van der Waals surface area contributed by atoms with Gasteiger partial charge in [0.2, 0.25) is 5.75 Å². The molecular weight excluding hydrogens is 540 g/mol. The highest BCUT2D eigenvalue weighted by atomic mass is 16.5. The van der Waals surface area contributed by atoms with Crippen molar-refractivity contribution in [1.82, 2.24) is 0 Å². The first-order valence-electron chi connectivity index (χ1n) is 14.2. The number of ether oxygens (including phenoxy) is 2. The molecule has 0 radical (unpaired) electrons. The summed E-state index contributed by atoms with van der Waals surface area (Å²) in [7, 11) is 2.85. The summed E-state index contributed by atoms with van der Waals surface area (Å²) in [6, 6.07) is 12.9. The van der Waals surface area contributed by atoms with Gasteiger partial charge in [-0.1, -0.05) is 31.0 Å². The summed E-state index contributed by atoms with van der Waals surface area (Å²) in [6.07, 6.45) is 2.98. The molecular formula is C33H40O9. The van der Waals surface area contributed by atoms with Gasteiger partial charge in [0, 0.05) is 23.3 Å². The van der Waals surface area contributed by atoms with Crippen molar-refractivity contribution >= 4 is 5.78 Å². The van der Waals surface area contributed by atoms with Gasteiger partial charge in [0.05, 0.1) is 26.9 Å². The Morgan fingerprint density at radius 2 is 1.62 bits per heavy atom. The lowest BCUT2D eigenvalue weighted by Crippen LogP contribution is -2.36. The summed E-state index contributed by atoms with van der Waals surface area (Å²) < 4.78 is 10.5. The summed E-state index contributed by atoms with van der Waals surface area (Å²) >= 11 is 0. The number of aryl methyl sites for hydroxylation is 1. The highest BCUT2D eigenvalue weighted by Crippen LogP contribution is 2.49. The minimum absolute atomic E-state index is 0.00836. The third-order valence-corrected chi connectivity index (χ3v) is 8.66. The number of hydrogen-bond donors (Lipinski definition) is 6. The van der Waals surface area contributed by atoms with Crippen LogP contribution in [0.2, 0.25) is 0 Å². The number of ketones is 1. The van der Waals surface area contributed by atoms with Crippen LogP contribution in [-0.2, 0) is 29.7 Å². The predicted octanol–water partition coefficient (Wildman–Crippen LogP) is 4.64. The molecule has 226 valence electrons. The first-order chi connectivity index (χ1) is 20.1. The third kappa shape index (κ3) is 6.58. The summed E-state index contributed by atoms with van der Waals surface area (Å²) in [4.78, 5) is 14.2. The lowest BCUT2D eigenvalue weighted by Gasteiger charge is -2.32. The van der Waals surface area contributed by atoms with Crippen molar-refractivity contribution in [3.8, 4) is 34.5 Å². The predicted molar refractivity (Wildman–Crippen MR) is 156 cm³/mol. The molecule has 1 saturated carbocycles. The van der Waals surface area contributed by atoms with Crippen molar-refractivity contribution < 1.29 is 44.9 Å². The molecule has 4 rings (SSSR count). The quantitative estimate of drug-likeness (QED) is 0.159. The first-order valence-corrected chi connectivity index (χ1v) is 14.2. The van der Waals surface area contributed by atoms with Crippen LogP contribution in [0.5, 0.6) is 34.5 Å². The molecule has 3 aromatic carbocycles. The zero-order chi connectivity index (χ0) is 30.4. The van der Waals surface area contributed by atoms with Crippen molar-refractivity contribution in [3.05, 3.63) is 70.8 Å². The fraction of sp³-hybridized carbons (Fsp3) is 0.424. The maximum Gasteiger partial charge on any atom is 0.200 e. The van der Waals surface area contributed by atoms with Gasteiger partial charge in [0.15, 0.2) is 23.0 Å². The Labute approximate surface area is 245 Å². The highest BCUT2D eigenvalue weighted by Gasteiger charge is 2.41. The van der Waals surface area contributed by atoms with Gasteiger partial charge < -0.3 is 40.1 Å². The number of carbonyl (C=O) groups is 1. The second-order valence-corrected chi connectivity index (χ2v) is 11.2. The van der Waals surface area contributed by atoms with E-state index in [4.69, 9.17) is 9.47 Å². The minimum atomic E-state index is -1.05. The normalized spacial score (nSPS) is 15.7. The van der Waals surface area contributed by atoms with Crippen LogP contribution in [0.3, 0.4) is 0 Å². The Kier molecular flexibility index (Phi) is 9.85. The molecule has 0 aliphatic heterocycles. The van der Waals surface area contributed by atoms with Crippen LogP contribution >= 0.6 is 0 Å². The number of hydrogen-bond acceptors (Lipinski definition) is 9. The Morgan fingerprint density at radius 3 is 2.29 bits per heavy atom.